The number of aryl methyl sites for hydroxylation is 2. The van der Waals surface area contributed by atoms with Gasteiger partial charge in [-0.2, -0.15) is 0 Å². The molecule has 0 saturated carbocycles. The van der Waals surface area contributed by atoms with Crippen molar-refractivity contribution in [2.24, 2.45) is 11.3 Å². The molecule has 2 aromatic carbocycles. The van der Waals surface area contributed by atoms with Gasteiger partial charge < -0.3 is 10.1 Å². The fourth-order valence-corrected chi connectivity index (χ4v) is 6.05. The molecule has 4 aliphatic rings. The largest absolute Gasteiger partial charge is 0.445 e. The van der Waals surface area contributed by atoms with E-state index in [1.807, 2.05) is 0 Å². The van der Waals surface area contributed by atoms with Crippen LogP contribution in [-0.2, 0) is 17.6 Å². The molecule has 0 unspecified atom stereocenters. The summed E-state index contributed by atoms with van der Waals surface area (Å²) in [5.74, 6) is 0.526. The van der Waals surface area contributed by atoms with E-state index in [4.69, 9.17) is 4.74 Å². The van der Waals surface area contributed by atoms with Crippen molar-refractivity contribution in [1.29, 1.82) is 0 Å². The predicted octanol–water partition coefficient (Wildman–Crippen LogP) is 5.67. The monoisotopic (exact) mass is 432 g/mol. The molecule has 3 heterocycles. The van der Waals surface area contributed by atoms with Gasteiger partial charge in [0, 0.05) is 6.54 Å². The van der Waals surface area contributed by atoms with E-state index >= 15 is 0 Å². The topological polar surface area (TPSA) is 41.6 Å². The number of carbonyl (C=O) groups is 1. The Hall–Kier alpha value is -2.33. The van der Waals surface area contributed by atoms with Gasteiger partial charge in [-0.05, 0) is 90.4 Å². The van der Waals surface area contributed by atoms with Gasteiger partial charge in [-0.25, -0.2) is 4.79 Å². The Labute approximate surface area is 192 Å². The number of carbonyl (C=O) groups excluding carboxylic acids is 1. The Balaban J connectivity index is 1.35. The Kier molecular flexibility index (Phi) is 5.53. The molecule has 4 nitrogen and oxygen atoms in total. The fraction of sp³-hybridized carbons (Fsp3) is 0.536. The van der Waals surface area contributed by atoms with Crippen LogP contribution in [0.15, 0.2) is 36.4 Å². The average Bonchev–Trinajstić information content (AvgIpc) is 3.03. The van der Waals surface area contributed by atoms with Gasteiger partial charge in [0.15, 0.2) is 0 Å². The van der Waals surface area contributed by atoms with Gasteiger partial charge in [-0.1, -0.05) is 57.2 Å². The van der Waals surface area contributed by atoms with E-state index in [1.165, 1.54) is 33.4 Å². The zero-order chi connectivity index (χ0) is 22.5. The molecule has 2 atom stereocenters. The summed E-state index contributed by atoms with van der Waals surface area (Å²) in [5, 5.41) is 3.25. The summed E-state index contributed by atoms with van der Waals surface area (Å²) < 4.78 is 5.95. The maximum atomic E-state index is 12.9. The lowest BCUT2D eigenvalue weighted by Crippen LogP contribution is -2.53. The van der Waals surface area contributed by atoms with Crippen LogP contribution in [0.25, 0.3) is 11.1 Å². The van der Waals surface area contributed by atoms with Crippen molar-refractivity contribution in [3.63, 3.8) is 0 Å². The molecule has 2 bridgehead atoms. The number of hydrogen-bond acceptors (Lipinski definition) is 3. The molecule has 0 radical (unpaired) electrons. The van der Waals surface area contributed by atoms with E-state index < -0.39 is 0 Å². The lowest BCUT2D eigenvalue weighted by Gasteiger charge is -2.44. The van der Waals surface area contributed by atoms with Crippen molar-refractivity contribution >= 4 is 6.09 Å². The van der Waals surface area contributed by atoms with Crippen LogP contribution < -0.4 is 5.32 Å². The summed E-state index contributed by atoms with van der Waals surface area (Å²) in [5.41, 5.74) is 7.70. The number of benzene rings is 2. The second-order valence-corrected chi connectivity index (χ2v) is 10.7. The van der Waals surface area contributed by atoms with Gasteiger partial charge in [-0.3, -0.25) is 4.90 Å². The Morgan fingerprint density at radius 3 is 2.50 bits per heavy atom. The highest BCUT2D eigenvalue weighted by molar-refractivity contribution is 5.72. The fourth-order valence-electron chi connectivity index (χ4n) is 6.05. The summed E-state index contributed by atoms with van der Waals surface area (Å²) in [4.78, 5) is 15.3. The first kappa shape index (κ1) is 21.5. The molecule has 3 aliphatic heterocycles. The van der Waals surface area contributed by atoms with Crippen molar-refractivity contribution in [2.75, 3.05) is 19.6 Å². The van der Waals surface area contributed by atoms with Crippen molar-refractivity contribution < 1.29 is 9.53 Å². The van der Waals surface area contributed by atoms with Gasteiger partial charge in [0.1, 0.15) is 6.10 Å². The van der Waals surface area contributed by atoms with E-state index in [0.29, 0.717) is 5.92 Å². The lowest BCUT2D eigenvalue weighted by atomic mass is 9.85. The van der Waals surface area contributed by atoms with Crippen LogP contribution in [0.5, 0.6) is 0 Å². The normalized spacial score (nSPS) is 27.8. The molecule has 32 heavy (non-hydrogen) atoms. The standard InChI is InChI=1S/C28H36N2O2/c1-5-19-6-8-20(9-7-19)23-15-22-16-28(3,4)26(24(22)14-18(23)2)29-27(31)32-25-17-30-12-10-21(25)11-13-30/h6-9,14-15,21,25-26H,5,10-13,16-17H2,1-4H3,(H,29,31)/t25-,26+/m1/s1. The third-order valence-electron chi connectivity index (χ3n) is 8.01. The van der Waals surface area contributed by atoms with Gasteiger partial charge in [0.2, 0.25) is 0 Å². The van der Waals surface area contributed by atoms with Gasteiger partial charge >= 0.3 is 6.09 Å². The highest BCUT2D eigenvalue weighted by Crippen LogP contribution is 2.47. The second-order valence-electron chi connectivity index (χ2n) is 10.7. The van der Waals surface area contributed by atoms with Crippen LogP contribution in [0.1, 0.15) is 61.9 Å². The smallest absolute Gasteiger partial charge is 0.407 e. The molecule has 0 spiro atoms. The van der Waals surface area contributed by atoms with E-state index in [0.717, 1.165) is 45.3 Å². The van der Waals surface area contributed by atoms with Gasteiger partial charge in [0.25, 0.3) is 0 Å². The third-order valence-corrected chi connectivity index (χ3v) is 8.01. The molecule has 2 aromatic rings. The maximum absolute atomic E-state index is 12.9. The number of rotatable bonds is 4. The van der Waals surface area contributed by atoms with E-state index in [1.54, 1.807) is 0 Å². The molecule has 3 fully saturated rings. The first-order valence-electron chi connectivity index (χ1n) is 12.3. The third kappa shape index (κ3) is 3.94. The molecule has 0 aromatic heterocycles. The molecule has 4 heteroatoms. The molecule has 1 aliphatic carbocycles. The summed E-state index contributed by atoms with van der Waals surface area (Å²) in [6.45, 7) is 12.1. The second kappa shape index (κ2) is 8.22. The summed E-state index contributed by atoms with van der Waals surface area (Å²) in [6.07, 6.45) is 4.09. The number of nitrogens with one attached hydrogen (secondary N) is 1. The first-order chi connectivity index (χ1) is 15.3. The highest BCUT2D eigenvalue weighted by atomic mass is 16.6. The number of alkyl carbamates (subject to hydrolysis) is 1. The average molecular weight is 433 g/mol. The minimum Gasteiger partial charge on any atom is -0.445 e. The van der Waals surface area contributed by atoms with Gasteiger partial charge in [-0.15, -0.1) is 0 Å². The van der Waals surface area contributed by atoms with Crippen molar-refractivity contribution in [1.82, 2.24) is 10.2 Å². The van der Waals surface area contributed by atoms with E-state index in [2.05, 4.69) is 74.3 Å². The number of piperidine rings is 3. The van der Waals surface area contributed by atoms with Crippen LogP contribution in [0, 0.1) is 18.3 Å². The zero-order valence-electron chi connectivity index (χ0n) is 19.9. The summed E-state index contributed by atoms with van der Waals surface area (Å²) >= 11 is 0. The van der Waals surface area contributed by atoms with Crippen LogP contribution in [-0.4, -0.2) is 36.7 Å². The van der Waals surface area contributed by atoms with Crippen LogP contribution in [0.3, 0.4) is 0 Å². The Morgan fingerprint density at radius 1 is 1.16 bits per heavy atom. The van der Waals surface area contributed by atoms with Gasteiger partial charge in [0.05, 0.1) is 6.04 Å². The number of nitrogens with zero attached hydrogens (tertiary/aromatic N) is 1. The molecule has 170 valence electrons. The zero-order valence-corrected chi connectivity index (χ0v) is 19.9. The molecular formula is C28H36N2O2. The Morgan fingerprint density at radius 2 is 1.88 bits per heavy atom. The summed E-state index contributed by atoms with van der Waals surface area (Å²) in [7, 11) is 0. The minimum atomic E-state index is -0.258. The van der Waals surface area contributed by atoms with E-state index in [-0.39, 0.29) is 23.7 Å². The maximum Gasteiger partial charge on any atom is 0.407 e. The van der Waals surface area contributed by atoms with Crippen molar-refractivity contribution in [2.45, 2.75) is 65.5 Å². The highest BCUT2D eigenvalue weighted by Gasteiger charge is 2.42. The lowest BCUT2D eigenvalue weighted by molar-refractivity contribution is -0.0348. The van der Waals surface area contributed by atoms with E-state index in [9.17, 15) is 4.79 Å². The SMILES string of the molecule is CCc1ccc(-c2cc3c(cc2C)[C@H](NC(=O)O[C@@H]2CN4CCC2CC4)C(C)(C)C3)cc1. The number of ether oxygens (including phenoxy) is 1. The van der Waals surface area contributed by atoms with Crippen molar-refractivity contribution in [3.8, 4) is 11.1 Å². The number of amides is 1. The quantitative estimate of drug-likeness (QED) is 0.677. The van der Waals surface area contributed by atoms with Crippen LogP contribution >= 0.6 is 0 Å². The number of hydrogen-bond donors (Lipinski definition) is 1. The summed E-state index contributed by atoms with van der Waals surface area (Å²) in [6, 6.07) is 13.5. The molecule has 1 N–H and O–H groups in total. The molecule has 1 amide bonds. The molecule has 3 saturated heterocycles. The first-order valence-corrected chi connectivity index (χ1v) is 12.3. The van der Waals surface area contributed by atoms with Crippen molar-refractivity contribution in [3.05, 3.63) is 58.7 Å². The number of fused-ring (bicyclic) bond motifs is 4. The molecular weight excluding hydrogens is 396 g/mol. The minimum absolute atomic E-state index is 0.0266. The predicted molar refractivity (Wildman–Crippen MR) is 129 cm³/mol. The Bertz CT molecular complexity index is 1000. The van der Waals surface area contributed by atoms with Crippen LogP contribution in [0.4, 0.5) is 4.79 Å². The molecule has 6 rings (SSSR count). The van der Waals surface area contributed by atoms with Crippen LogP contribution in [0.2, 0.25) is 0 Å².